The first-order valence-corrected chi connectivity index (χ1v) is 11.3. The number of piperidine rings is 1. The third-order valence-corrected chi connectivity index (χ3v) is 7.17. The third kappa shape index (κ3) is 4.72. The highest BCUT2D eigenvalue weighted by atomic mass is 32.2. The van der Waals surface area contributed by atoms with Crippen LogP contribution in [0.4, 0.5) is 5.13 Å². The molecule has 1 aromatic heterocycles. The predicted octanol–water partition coefficient (Wildman–Crippen LogP) is 2.92. The zero-order chi connectivity index (χ0) is 19.4. The lowest BCUT2D eigenvalue weighted by Gasteiger charge is -2.33. The van der Waals surface area contributed by atoms with Gasteiger partial charge in [0.1, 0.15) is 11.0 Å². The fraction of sp³-hybridized carbons (Fsp3) is 0.500. The number of hydrogen-bond acceptors (Lipinski definition) is 6. The zero-order valence-corrected chi connectivity index (χ0v) is 17.1. The monoisotopic (exact) mass is 408 g/mol. The number of carbonyl (C=O) groups excluding carboxylic acids is 1. The summed E-state index contributed by atoms with van der Waals surface area (Å²) >= 11 is 1.34. The molecule has 1 unspecified atom stereocenters. The lowest BCUT2D eigenvalue weighted by atomic mass is 10.0. The Morgan fingerprint density at radius 2 is 2.00 bits per heavy atom. The lowest BCUT2D eigenvalue weighted by Crippen LogP contribution is -2.49. The van der Waals surface area contributed by atoms with Crippen LogP contribution in [0.25, 0.3) is 0 Å². The van der Waals surface area contributed by atoms with E-state index in [2.05, 4.69) is 29.4 Å². The predicted molar refractivity (Wildman–Crippen MR) is 105 cm³/mol. The molecule has 0 radical (unpaired) electrons. The maximum atomic E-state index is 13.0. The SMILES string of the molecule is CC(C)Cc1nnc(NC(=O)C2CCCCN2S(=O)(=O)c2ccccc2)s1. The number of carbonyl (C=O) groups is 1. The van der Waals surface area contributed by atoms with E-state index in [1.165, 1.54) is 15.6 Å². The Labute approximate surface area is 163 Å². The van der Waals surface area contributed by atoms with Crippen LogP contribution in [0.1, 0.15) is 38.1 Å². The van der Waals surface area contributed by atoms with Gasteiger partial charge in [0.25, 0.3) is 0 Å². The largest absolute Gasteiger partial charge is 0.299 e. The summed E-state index contributed by atoms with van der Waals surface area (Å²) in [4.78, 5) is 13.0. The van der Waals surface area contributed by atoms with E-state index in [0.29, 0.717) is 24.0 Å². The molecule has 1 N–H and O–H groups in total. The molecule has 2 aromatic rings. The molecule has 3 rings (SSSR count). The van der Waals surface area contributed by atoms with Gasteiger partial charge in [-0.15, -0.1) is 10.2 Å². The average molecular weight is 409 g/mol. The van der Waals surface area contributed by atoms with Crippen LogP contribution in [0, 0.1) is 5.92 Å². The van der Waals surface area contributed by atoms with Crippen LogP contribution in [-0.4, -0.2) is 41.4 Å². The van der Waals surface area contributed by atoms with Gasteiger partial charge in [0.15, 0.2) is 0 Å². The van der Waals surface area contributed by atoms with Crippen molar-refractivity contribution >= 4 is 32.4 Å². The number of hydrogen-bond donors (Lipinski definition) is 1. The van der Waals surface area contributed by atoms with E-state index in [0.717, 1.165) is 24.3 Å². The van der Waals surface area contributed by atoms with Crippen LogP contribution in [0.15, 0.2) is 35.2 Å². The molecular weight excluding hydrogens is 384 g/mol. The fourth-order valence-corrected chi connectivity index (χ4v) is 5.74. The summed E-state index contributed by atoms with van der Waals surface area (Å²) in [6, 6.07) is 7.52. The number of anilines is 1. The van der Waals surface area contributed by atoms with Crippen LogP contribution in [0.5, 0.6) is 0 Å². The minimum Gasteiger partial charge on any atom is -0.299 e. The van der Waals surface area contributed by atoms with Crippen molar-refractivity contribution in [3.63, 3.8) is 0 Å². The number of sulfonamides is 1. The van der Waals surface area contributed by atoms with Gasteiger partial charge in [0, 0.05) is 13.0 Å². The molecule has 0 aliphatic carbocycles. The molecule has 0 spiro atoms. The van der Waals surface area contributed by atoms with Crippen molar-refractivity contribution in [3.8, 4) is 0 Å². The van der Waals surface area contributed by atoms with Crippen molar-refractivity contribution in [3.05, 3.63) is 35.3 Å². The van der Waals surface area contributed by atoms with Crippen LogP contribution in [-0.2, 0) is 21.2 Å². The molecule has 1 aliphatic rings. The van der Waals surface area contributed by atoms with E-state index in [1.807, 2.05) is 0 Å². The molecule has 1 fully saturated rings. The second-order valence-electron chi connectivity index (χ2n) is 7.03. The minimum atomic E-state index is -3.72. The highest BCUT2D eigenvalue weighted by molar-refractivity contribution is 7.89. The molecule has 1 atom stereocenters. The van der Waals surface area contributed by atoms with Crippen molar-refractivity contribution in [1.29, 1.82) is 0 Å². The van der Waals surface area contributed by atoms with Crippen molar-refractivity contribution in [1.82, 2.24) is 14.5 Å². The van der Waals surface area contributed by atoms with Crippen LogP contribution < -0.4 is 5.32 Å². The van der Waals surface area contributed by atoms with Gasteiger partial charge in [0.05, 0.1) is 4.90 Å². The van der Waals surface area contributed by atoms with E-state index in [9.17, 15) is 13.2 Å². The van der Waals surface area contributed by atoms with Gasteiger partial charge in [-0.3, -0.25) is 10.1 Å². The lowest BCUT2D eigenvalue weighted by molar-refractivity contribution is -0.120. The number of benzene rings is 1. The summed E-state index contributed by atoms with van der Waals surface area (Å²) in [6.07, 6.45) is 2.85. The molecule has 1 amide bonds. The van der Waals surface area contributed by atoms with Crippen LogP contribution in [0.3, 0.4) is 0 Å². The van der Waals surface area contributed by atoms with E-state index >= 15 is 0 Å². The maximum absolute atomic E-state index is 13.0. The Bertz CT molecular complexity index is 881. The summed E-state index contributed by atoms with van der Waals surface area (Å²) < 4.78 is 27.3. The number of nitrogens with zero attached hydrogens (tertiary/aromatic N) is 3. The Morgan fingerprint density at radius 3 is 2.70 bits per heavy atom. The summed E-state index contributed by atoms with van der Waals surface area (Å²) in [5.41, 5.74) is 0. The Kier molecular flexibility index (Phi) is 6.23. The van der Waals surface area contributed by atoms with E-state index < -0.39 is 16.1 Å². The van der Waals surface area contributed by atoms with Gasteiger partial charge in [-0.1, -0.05) is 49.8 Å². The number of aromatic nitrogens is 2. The van der Waals surface area contributed by atoms with Gasteiger partial charge in [-0.05, 0) is 30.9 Å². The van der Waals surface area contributed by atoms with E-state index in [4.69, 9.17) is 0 Å². The normalized spacial score (nSPS) is 18.6. The first-order valence-electron chi connectivity index (χ1n) is 9.08. The molecule has 1 aliphatic heterocycles. The highest BCUT2D eigenvalue weighted by Crippen LogP contribution is 2.27. The van der Waals surface area contributed by atoms with Gasteiger partial charge in [-0.2, -0.15) is 4.31 Å². The molecule has 27 heavy (non-hydrogen) atoms. The molecular formula is C18H24N4O3S2. The Hall–Kier alpha value is -1.84. The van der Waals surface area contributed by atoms with Crippen molar-refractivity contribution < 1.29 is 13.2 Å². The molecule has 1 aromatic carbocycles. The smallest absolute Gasteiger partial charge is 0.244 e. The maximum Gasteiger partial charge on any atom is 0.244 e. The zero-order valence-electron chi connectivity index (χ0n) is 15.5. The molecule has 146 valence electrons. The van der Waals surface area contributed by atoms with Gasteiger partial charge in [0.2, 0.25) is 21.1 Å². The number of rotatable bonds is 6. The van der Waals surface area contributed by atoms with Crippen molar-refractivity contribution in [2.45, 2.75) is 50.5 Å². The minimum absolute atomic E-state index is 0.208. The number of nitrogens with one attached hydrogen (secondary N) is 1. The molecule has 1 saturated heterocycles. The first-order chi connectivity index (χ1) is 12.9. The van der Waals surface area contributed by atoms with Crippen molar-refractivity contribution in [2.24, 2.45) is 5.92 Å². The summed E-state index contributed by atoms with van der Waals surface area (Å²) in [7, 11) is -3.72. The van der Waals surface area contributed by atoms with Crippen molar-refractivity contribution in [2.75, 3.05) is 11.9 Å². The van der Waals surface area contributed by atoms with Crippen LogP contribution >= 0.6 is 11.3 Å². The van der Waals surface area contributed by atoms with Gasteiger partial charge >= 0.3 is 0 Å². The summed E-state index contributed by atoms with van der Waals surface area (Å²) in [6.45, 7) is 4.52. The van der Waals surface area contributed by atoms with Gasteiger partial charge < -0.3 is 0 Å². The summed E-state index contributed by atoms with van der Waals surface area (Å²) in [5.74, 6) is 0.104. The molecule has 0 saturated carbocycles. The average Bonchev–Trinajstić information content (AvgIpc) is 3.08. The number of amides is 1. The Morgan fingerprint density at radius 1 is 1.26 bits per heavy atom. The molecule has 2 heterocycles. The van der Waals surface area contributed by atoms with E-state index in [-0.39, 0.29) is 10.8 Å². The van der Waals surface area contributed by atoms with Crippen LogP contribution in [0.2, 0.25) is 0 Å². The second kappa shape index (κ2) is 8.45. The first kappa shape index (κ1) is 19.9. The second-order valence-corrected chi connectivity index (χ2v) is 9.98. The standard InChI is InChI=1S/C18H24N4O3S2/c1-13(2)12-16-20-21-18(26-16)19-17(23)15-10-6-7-11-22(15)27(24,25)14-8-4-3-5-9-14/h3-5,8-9,13,15H,6-7,10-12H2,1-2H3,(H,19,21,23). The van der Waals surface area contributed by atoms with Gasteiger partial charge in [-0.25, -0.2) is 8.42 Å². The molecule has 0 bridgehead atoms. The third-order valence-electron chi connectivity index (χ3n) is 4.39. The highest BCUT2D eigenvalue weighted by Gasteiger charge is 2.37. The Balaban J connectivity index is 1.77. The quantitative estimate of drug-likeness (QED) is 0.793. The molecule has 9 heteroatoms. The topological polar surface area (TPSA) is 92.3 Å². The van der Waals surface area contributed by atoms with E-state index in [1.54, 1.807) is 30.3 Å². The molecule has 7 nitrogen and oxygen atoms in total. The summed E-state index contributed by atoms with van der Waals surface area (Å²) in [5, 5.41) is 12.1. The fourth-order valence-electron chi connectivity index (χ4n) is 3.11.